The largest absolute Gasteiger partial charge is 0.303 e. The maximum Gasteiger partial charge on any atom is 0.120 e. The number of carbonyl (C=O) groups excluding carboxylic acids is 1. The highest BCUT2D eigenvalue weighted by molar-refractivity contribution is 5.51. The van der Waals surface area contributed by atoms with Gasteiger partial charge in [0.2, 0.25) is 0 Å². The average Bonchev–Trinajstić information content (AvgIpc) is 2.10. The summed E-state index contributed by atoms with van der Waals surface area (Å²) < 4.78 is 0. The van der Waals surface area contributed by atoms with Crippen LogP contribution < -0.4 is 0 Å². The number of hydrogen-bond acceptors (Lipinski definition) is 1. The van der Waals surface area contributed by atoms with Gasteiger partial charge in [0, 0.05) is 6.42 Å². The predicted octanol–water partition coefficient (Wildman–Crippen LogP) is 3.49. The average molecular weight is 180 g/mol. The Balaban J connectivity index is 2.57. The van der Waals surface area contributed by atoms with E-state index in [0.717, 1.165) is 19.1 Å². The molecule has 1 aliphatic carbocycles. The maximum absolute atomic E-state index is 10.6. The van der Waals surface area contributed by atoms with E-state index in [1.165, 1.54) is 32.1 Å². The molecule has 0 N–H and O–H groups in total. The van der Waals surface area contributed by atoms with Crippen LogP contribution in [-0.4, -0.2) is 6.29 Å². The van der Waals surface area contributed by atoms with Crippen molar-refractivity contribution in [3.63, 3.8) is 0 Å². The Morgan fingerprint density at radius 1 is 1.08 bits per heavy atom. The third kappa shape index (κ3) is 2.98. The Kier molecular flexibility index (Phi) is 4.20. The van der Waals surface area contributed by atoms with Gasteiger partial charge in [-0.05, 0) is 18.3 Å². The lowest BCUT2D eigenvalue weighted by Gasteiger charge is -2.30. The SMILES string of the molecule is C=CC1(CC=O)CCCCCCC1. The molecule has 0 heterocycles. The van der Waals surface area contributed by atoms with E-state index < -0.39 is 0 Å². The second-order valence-electron chi connectivity index (χ2n) is 4.21. The molecule has 0 radical (unpaired) electrons. The predicted molar refractivity (Wildman–Crippen MR) is 55.6 cm³/mol. The second kappa shape index (κ2) is 5.21. The number of hydrogen-bond donors (Lipinski definition) is 0. The zero-order chi connectivity index (χ0) is 9.57. The standard InChI is InChI=1S/C12H20O/c1-2-12(10-11-13)8-6-4-3-5-7-9-12/h2,11H,1,3-10H2. The van der Waals surface area contributed by atoms with Gasteiger partial charge in [0.15, 0.2) is 0 Å². The molecular weight excluding hydrogens is 160 g/mol. The van der Waals surface area contributed by atoms with Crippen molar-refractivity contribution < 1.29 is 4.79 Å². The number of aldehydes is 1. The van der Waals surface area contributed by atoms with Crippen LogP contribution in [0.4, 0.5) is 0 Å². The molecule has 1 fully saturated rings. The molecule has 0 unspecified atom stereocenters. The summed E-state index contributed by atoms with van der Waals surface area (Å²) in [5, 5.41) is 0. The summed E-state index contributed by atoms with van der Waals surface area (Å²) in [6, 6.07) is 0. The molecular formula is C12H20O. The zero-order valence-electron chi connectivity index (χ0n) is 8.43. The minimum absolute atomic E-state index is 0.141. The summed E-state index contributed by atoms with van der Waals surface area (Å²) in [7, 11) is 0. The van der Waals surface area contributed by atoms with Crippen LogP contribution in [0.3, 0.4) is 0 Å². The highest BCUT2D eigenvalue weighted by atomic mass is 16.1. The minimum Gasteiger partial charge on any atom is -0.303 e. The fourth-order valence-corrected chi connectivity index (χ4v) is 2.27. The Labute approximate surface area is 81.2 Å². The lowest BCUT2D eigenvalue weighted by Crippen LogP contribution is -2.19. The molecule has 74 valence electrons. The first-order valence-electron chi connectivity index (χ1n) is 5.40. The molecule has 0 aromatic carbocycles. The molecule has 0 aliphatic heterocycles. The van der Waals surface area contributed by atoms with Crippen LogP contribution in [0.5, 0.6) is 0 Å². The van der Waals surface area contributed by atoms with E-state index >= 15 is 0 Å². The van der Waals surface area contributed by atoms with Crippen molar-refractivity contribution in [2.24, 2.45) is 5.41 Å². The van der Waals surface area contributed by atoms with Gasteiger partial charge in [-0.15, -0.1) is 6.58 Å². The van der Waals surface area contributed by atoms with Crippen molar-refractivity contribution in [1.82, 2.24) is 0 Å². The molecule has 0 atom stereocenters. The third-order valence-electron chi connectivity index (χ3n) is 3.27. The smallest absolute Gasteiger partial charge is 0.120 e. The van der Waals surface area contributed by atoms with Crippen molar-refractivity contribution in [1.29, 1.82) is 0 Å². The normalized spacial score (nSPS) is 22.8. The number of allylic oxidation sites excluding steroid dienone is 1. The van der Waals surface area contributed by atoms with Crippen LogP contribution in [0, 0.1) is 5.41 Å². The monoisotopic (exact) mass is 180 g/mol. The fraction of sp³-hybridized carbons (Fsp3) is 0.750. The zero-order valence-corrected chi connectivity index (χ0v) is 8.43. The molecule has 1 saturated carbocycles. The van der Waals surface area contributed by atoms with E-state index in [-0.39, 0.29) is 5.41 Å². The van der Waals surface area contributed by atoms with Gasteiger partial charge in [0.25, 0.3) is 0 Å². The molecule has 0 spiro atoms. The lowest BCUT2D eigenvalue weighted by atomic mass is 9.74. The Morgan fingerprint density at radius 2 is 1.62 bits per heavy atom. The molecule has 13 heavy (non-hydrogen) atoms. The first-order valence-corrected chi connectivity index (χ1v) is 5.40. The molecule has 0 aromatic rings. The second-order valence-corrected chi connectivity index (χ2v) is 4.21. The van der Waals surface area contributed by atoms with E-state index in [2.05, 4.69) is 6.58 Å². The van der Waals surface area contributed by atoms with Crippen molar-refractivity contribution >= 4 is 6.29 Å². The quantitative estimate of drug-likeness (QED) is 0.480. The summed E-state index contributed by atoms with van der Waals surface area (Å²) in [5.41, 5.74) is 0.141. The molecule has 1 nitrogen and oxygen atoms in total. The van der Waals surface area contributed by atoms with E-state index in [1.54, 1.807) is 0 Å². The van der Waals surface area contributed by atoms with Crippen molar-refractivity contribution in [3.05, 3.63) is 12.7 Å². The van der Waals surface area contributed by atoms with Crippen LogP contribution in [0.15, 0.2) is 12.7 Å². The van der Waals surface area contributed by atoms with Crippen LogP contribution in [0.25, 0.3) is 0 Å². The van der Waals surface area contributed by atoms with E-state index in [4.69, 9.17) is 0 Å². The van der Waals surface area contributed by atoms with E-state index in [1.807, 2.05) is 6.08 Å². The molecule has 0 aromatic heterocycles. The van der Waals surface area contributed by atoms with E-state index in [9.17, 15) is 4.79 Å². The van der Waals surface area contributed by atoms with Gasteiger partial charge in [-0.1, -0.05) is 38.2 Å². The molecule has 0 bridgehead atoms. The van der Waals surface area contributed by atoms with Crippen LogP contribution in [-0.2, 0) is 4.79 Å². The van der Waals surface area contributed by atoms with Crippen molar-refractivity contribution in [3.8, 4) is 0 Å². The summed E-state index contributed by atoms with van der Waals surface area (Å²) in [4.78, 5) is 10.6. The van der Waals surface area contributed by atoms with Gasteiger partial charge in [-0.3, -0.25) is 0 Å². The summed E-state index contributed by atoms with van der Waals surface area (Å²) >= 11 is 0. The first kappa shape index (κ1) is 10.5. The Morgan fingerprint density at radius 3 is 2.08 bits per heavy atom. The first-order chi connectivity index (χ1) is 6.33. The molecule has 1 heteroatoms. The van der Waals surface area contributed by atoms with Crippen LogP contribution in [0.1, 0.15) is 51.4 Å². The van der Waals surface area contributed by atoms with Gasteiger partial charge in [-0.25, -0.2) is 0 Å². The number of rotatable bonds is 3. The van der Waals surface area contributed by atoms with Crippen LogP contribution >= 0.6 is 0 Å². The van der Waals surface area contributed by atoms with Crippen molar-refractivity contribution in [2.45, 2.75) is 51.4 Å². The van der Waals surface area contributed by atoms with Gasteiger partial charge in [-0.2, -0.15) is 0 Å². The molecule has 1 aliphatic rings. The minimum atomic E-state index is 0.141. The molecule has 0 amide bonds. The Hall–Kier alpha value is -0.590. The summed E-state index contributed by atoms with van der Waals surface area (Å²) in [6.45, 7) is 3.89. The van der Waals surface area contributed by atoms with E-state index in [0.29, 0.717) is 6.42 Å². The summed E-state index contributed by atoms with van der Waals surface area (Å²) in [5.74, 6) is 0. The molecule has 1 rings (SSSR count). The highest BCUT2D eigenvalue weighted by Crippen LogP contribution is 2.37. The molecule has 0 saturated heterocycles. The summed E-state index contributed by atoms with van der Waals surface area (Å²) in [6.07, 6.45) is 12.6. The van der Waals surface area contributed by atoms with Crippen LogP contribution in [0.2, 0.25) is 0 Å². The van der Waals surface area contributed by atoms with Gasteiger partial charge in [0.1, 0.15) is 6.29 Å². The lowest BCUT2D eigenvalue weighted by molar-refractivity contribution is -0.109. The topological polar surface area (TPSA) is 17.1 Å². The fourth-order valence-electron chi connectivity index (χ4n) is 2.27. The third-order valence-corrected chi connectivity index (χ3v) is 3.27. The highest BCUT2D eigenvalue weighted by Gasteiger charge is 2.25. The number of carbonyl (C=O) groups is 1. The van der Waals surface area contributed by atoms with Gasteiger partial charge in [0.05, 0.1) is 0 Å². The van der Waals surface area contributed by atoms with Crippen molar-refractivity contribution in [2.75, 3.05) is 0 Å². The Bertz CT molecular complexity index is 164. The van der Waals surface area contributed by atoms with Gasteiger partial charge < -0.3 is 4.79 Å². The maximum atomic E-state index is 10.6. The van der Waals surface area contributed by atoms with Gasteiger partial charge >= 0.3 is 0 Å².